The summed E-state index contributed by atoms with van der Waals surface area (Å²) >= 11 is 0. The van der Waals surface area contributed by atoms with E-state index in [2.05, 4.69) is 4.72 Å². The molecule has 1 saturated heterocycles. The van der Waals surface area contributed by atoms with Gasteiger partial charge in [-0.1, -0.05) is 48.5 Å². The second kappa shape index (κ2) is 9.97. The molecule has 0 aromatic heterocycles. The Hall–Kier alpha value is -3.16. The first-order chi connectivity index (χ1) is 15.5. The number of likely N-dealkylation sites (tertiary alicyclic amines) is 1. The van der Waals surface area contributed by atoms with Crippen LogP contribution in [0.4, 0.5) is 0 Å². The molecule has 0 radical (unpaired) electrons. The van der Waals surface area contributed by atoms with Crippen LogP contribution < -0.4 is 9.46 Å². The highest BCUT2D eigenvalue weighted by molar-refractivity contribution is 7.89. The van der Waals surface area contributed by atoms with Gasteiger partial charge < -0.3 is 9.64 Å². The van der Waals surface area contributed by atoms with Gasteiger partial charge in [-0.2, -0.15) is 0 Å². The zero-order chi connectivity index (χ0) is 22.4. The molecule has 1 aliphatic rings. The van der Waals surface area contributed by atoms with E-state index in [0.717, 1.165) is 5.56 Å². The largest absolute Gasteiger partial charge is 0.489 e. The summed E-state index contributed by atoms with van der Waals surface area (Å²) < 4.78 is 33.6. The number of amides is 1. The highest BCUT2D eigenvalue weighted by Crippen LogP contribution is 2.19. The Balaban J connectivity index is 1.28. The van der Waals surface area contributed by atoms with Gasteiger partial charge in [0, 0.05) is 24.7 Å². The minimum Gasteiger partial charge on any atom is -0.489 e. The van der Waals surface area contributed by atoms with Crippen molar-refractivity contribution in [1.82, 2.24) is 9.62 Å². The number of hydrogen-bond acceptors (Lipinski definition) is 4. The van der Waals surface area contributed by atoms with Gasteiger partial charge in [0.2, 0.25) is 10.0 Å². The molecule has 1 aliphatic heterocycles. The minimum absolute atomic E-state index is 0.0519. The van der Waals surface area contributed by atoms with Gasteiger partial charge in [-0.25, -0.2) is 13.1 Å². The van der Waals surface area contributed by atoms with E-state index in [0.29, 0.717) is 43.9 Å². The van der Waals surface area contributed by atoms with Crippen molar-refractivity contribution in [3.63, 3.8) is 0 Å². The van der Waals surface area contributed by atoms with Crippen LogP contribution in [0.25, 0.3) is 0 Å². The first-order valence-corrected chi connectivity index (χ1v) is 12.1. The van der Waals surface area contributed by atoms with Gasteiger partial charge in [-0.15, -0.1) is 0 Å². The number of piperidine rings is 1. The zero-order valence-electron chi connectivity index (χ0n) is 17.7. The summed E-state index contributed by atoms with van der Waals surface area (Å²) in [4.78, 5) is 14.9. The maximum atomic E-state index is 12.9. The van der Waals surface area contributed by atoms with Crippen molar-refractivity contribution in [3.8, 4) is 5.75 Å². The Bertz CT molecular complexity index is 1130. The summed E-state index contributed by atoms with van der Waals surface area (Å²) in [6.45, 7) is 1.49. The summed E-state index contributed by atoms with van der Waals surface area (Å²) in [5.41, 5.74) is 1.68. The second-order valence-electron chi connectivity index (χ2n) is 7.80. The molecule has 0 spiro atoms. The van der Waals surface area contributed by atoms with Crippen molar-refractivity contribution in [3.05, 3.63) is 96.1 Å². The highest BCUT2D eigenvalue weighted by atomic mass is 32.2. The summed E-state index contributed by atoms with van der Waals surface area (Å²) in [5, 5.41) is 0. The molecule has 3 aromatic rings. The van der Waals surface area contributed by atoms with E-state index in [1.807, 2.05) is 30.3 Å². The molecule has 0 unspecified atom stereocenters. The van der Waals surface area contributed by atoms with Gasteiger partial charge in [-0.3, -0.25) is 4.79 Å². The van der Waals surface area contributed by atoms with Crippen LogP contribution in [0.3, 0.4) is 0 Å². The van der Waals surface area contributed by atoms with Crippen molar-refractivity contribution in [2.45, 2.75) is 30.4 Å². The van der Waals surface area contributed by atoms with Gasteiger partial charge in [0.05, 0.1) is 4.90 Å². The molecule has 0 aliphatic carbocycles. The maximum Gasteiger partial charge on any atom is 0.253 e. The quantitative estimate of drug-likeness (QED) is 0.593. The lowest BCUT2D eigenvalue weighted by Gasteiger charge is -2.32. The summed E-state index contributed by atoms with van der Waals surface area (Å²) in [6.07, 6.45) is 1.16. The normalized spacial score (nSPS) is 14.8. The molecule has 1 heterocycles. The Morgan fingerprint density at radius 3 is 2.09 bits per heavy atom. The number of rotatable bonds is 7. The predicted octanol–water partition coefficient (Wildman–Crippen LogP) is 3.85. The third-order valence-corrected chi connectivity index (χ3v) is 7.04. The number of sulfonamides is 1. The van der Waals surface area contributed by atoms with Gasteiger partial charge in [0.15, 0.2) is 0 Å². The fourth-order valence-corrected chi connectivity index (χ4v) is 5.03. The van der Waals surface area contributed by atoms with Crippen LogP contribution in [0.1, 0.15) is 28.8 Å². The lowest BCUT2D eigenvalue weighted by Crippen LogP contribution is -2.46. The van der Waals surface area contributed by atoms with Crippen LogP contribution in [0.2, 0.25) is 0 Å². The smallest absolute Gasteiger partial charge is 0.253 e. The topological polar surface area (TPSA) is 75.7 Å². The van der Waals surface area contributed by atoms with Gasteiger partial charge in [0.25, 0.3) is 5.91 Å². The highest BCUT2D eigenvalue weighted by Gasteiger charge is 2.27. The molecule has 1 fully saturated rings. The van der Waals surface area contributed by atoms with E-state index in [-0.39, 0.29) is 16.8 Å². The van der Waals surface area contributed by atoms with Crippen LogP contribution in [0.5, 0.6) is 5.75 Å². The monoisotopic (exact) mass is 450 g/mol. The number of benzene rings is 3. The Morgan fingerprint density at radius 1 is 0.875 bits per heavy atom. The van der Waals surface area contributed by atoms with Crippen molar-refractivity contribution >= 4 is 15.9 Å². The Kier molecular flexibility index (Phi) is 6.87. The van der Waals surface area contributed by atoms with Crippen molar-refractivity contribution < 1.29 is 17.9 Å². The van der Waals surface area contributed by atoms with Crippen molar-refractivity contribution in [2.24, 2.45) is 0 Å². The summed E-state index contributed by atoms with van der Waals surface area (Å²) in [7, 11) is -3.55. The molecule has 32 heavy (non-hydrogen) atoms. The predicted molar refractivity (Wildman–Crippen MR) is 123 cm³/mol. The fraction of sp³-hybridized carbons (Fsp3) is 0.240. The molecular weight excluding hydrogens is 424 g/mol. The molecule has 4 rings (SSSR count). The van der Waals surface area contributed by atoms with E-state index in [4.69, 9.17) is 4.74 Å². The zero-order valence-corrected chi connectivity index (χ0v) is 18.5. The fourth-order valence-electron chi connectivity index (χ4n) is 3.70. The second-order valence-corrected chi connectivity index (χ2v) is 9.51. The van der Waals surface area contributed by atoms with Gasteiger partial charge >= 0.3 is 0 Å². The molecule has 1 amide bonds. The van der Waals surface area contributed by atoms with Crippen LogP contribution in [-0.4, -0.2) is 38.4 Å². The maximum absolute atomic E-state index is 12.9. The van der Waals surface area contributed by atoms with E-state index in [9.17, 15) is 13.2 Å². The molecule has 7 heteroatoms. The lowest BCUT2D eigenvalue weighted by molar-refractivity contribution is 0.0711. The molecule has 166 valence electrons. The van der Waals surface area contributed by atoms with E-state index < -0.39 is 10.0 Å². The molecule has 6 nitrogen and oxygen atoms in total. The number of carbonyl (C=O) groups excluding carboxylic acids is 1. The summed E-state index contributed by atoms with van der Waals surface area (Å²) in [5.74, 6) is 0.656. The first kappa shape index (κ1) is 22.0. The molecule has 0 bridgehead atoms. The van der Waals surface area contributed by atoms with E-state index >= 15 is 0 Å². The van der Waals surface area contributed by atoms with E-state index in [1.165, 1.54) is 0 Å². The van der Waals surface area contributed by atoms with Crippen molar-refractivity contribution in [2.75, 3.05) is 13.1 Å². The molecule has 1 N–H and O–H groups in total. The van der Waals surface area contributed by atoms with Gasteiger partial charge in [0.1, 0.15) is 12.4 Å². The first-order valence-electron chi connectivity index (χ1n) is 10.6. The van der Waals surface area contributed by atoms with Crippen LogP contribution in [-0.2, 0) is 16.6 Å². The minimum atomic E-state index is -3.55. The summed E-state index contributed by atoms with van der Waals surface area (Å²) in [6, 6.07) is 25.2. The number of hydrogen-bond donors (Lipinski definition) is 1. The molecule has 3 aromatic carbocycles. The number of ether oxygens (including phenoxy) is 1. The van der Waals surface area contributed by atoms with Crippen LogP contribution in [0.15, 0.2) is 89.8 Å². The van der Waals surface area contributed by atoms with Crippen LogP contribution >= 0.6 is 0 Å². The third kappa shape index (κ3) is 5.55. The average Bonchev–Trinajstić information content (AvgIpc) is 2.84. The molecular formula is C25H26N2O4S. The Labute approximate surface area is 188 Å². The van der Waals surface area contributed by atoms with Crippen molar-refractivity contribution in [1.29, 1.82) is 0 Å². The molecule has 0 saturated carbocycles. The number of nitrogens with one attached hydrogen (secondary N) is 1. The van der Waals surface area contributed by atoms with Crippen LogP contribution in [0, 0.1) is 0 Å². The average molecular weight is 451 g/mol. The third-order valence-electron chi connectivity index (χ3n) is 5.51. The van der Waals surface area contributed by atoms with Gasteiger partial charge in [-0.05, 0) is 54.8 Å². The standard InChI is InChI=1S/C25H26N2O4S/c28-25(21-11-13-23(14-12-21)31-19-20-7-3-1-4-8-20)27-17-15-22(16-18-27)26-32(29,30)24-9-5-2-6-10-24/h1-14,22,26H,15-19H2. The lowest BCUT2D eigenvalue weighted by atomic mass is 10.0. The Morgan fingerprint density at radius 2 is 1.47 bits per heavy atom. The SMILES string of the molecule is O=C(c1ccc(OCc2ccccc2)cc1)N1CCC(NS(=O)(=O)c2ccccc2)CC1. The van der Waals surface area contributed by atoms with E-state index in [1.54, 1.807) is 59.5 Å². The number of carbonyl (C=O) groups is 1. The number of nitrogens with zero attached hydrogens (tertiary/aromatic N) is 1. The molecule has 0 atom stereocenters.